The molecule has 0 aromatic heterocycles. The lowest BCUT2D eigenvalue weighted by atomic mass is 10.0. The van der Waals surface area contributed by atoms with Crippen LogP contribution in [0.4, 0.5) is 5.69 Å². The molecule has 106 valence electrons. The number of nitrogens with zero attached hydrogens (tertiary/aromatic N) is 1. The van der Waals surface area contributed by atoms with Crippen molar-refractivity contribution in [2.24, 2.45) is 0 Å². The molecule has 0 fully saturated rings. The van der Waals surface area contributed by atoms with Crippen LogP contribution in [0, 0.1) is 10.1 Å². The predicted molar refractivity (Wildman–Crippen MR) is 72.8 cm³/mol. The van der Waals surface area contributed by atoms with Gasteiger partial charge in [-0.3, -0.25) is 10.1 Å². The molecule has 0 bridgehead atoms. The summed E-state index contributed by atoms with van der Waals surface area (Å²) in [6, 6.07) is 4.08. The van der Waals surface area contributed by atoms with Gasteiger partial charge >= 0.3 is 11.9 Å². The number of nitro groups is 1. The Morgan fingerprint density at radius 1 is 1.30 bits per heavy atom. The van der Waals surface area contributed by atoms with Gasteiger partial charge in [-0.2, -0.15) is 0 Å². The van der Waals surface area contributed by atoms with Gasteiger partial charge in [0.05, 0.1) is 30.3 Å². The zero-order valence-electron chi connectivity index (χ0n) is 10.6. The number of ether oxygens (including phenoxy) is 2. The fraction of sp³-hybridized carbons (Fsp3) is 0.167. The fourth-order valence-electron chi connectivity index (χ4n) is 1.42. The van der Waals surface area contributed by atoms with Crippen molar-refractivity contribution >= 4 is 39.1 Å². The van der Waals surface area contributed by atoms with Gasteiger partial charge in [0.25, 0.3) is 5.69 Å². The molecule has 20 heavy (non-hydrogen) atoms. The molecule has 0 radical (unpaired) electrons. The maximum atomic E-state index is 11.7. The van der Waals surface area contributed by atoms with Gasteiger partial charge < -0.3 is 9.47 Å². The average molecular weight is 344 g/mol. The van der Waals surface area contributed by atoms with Crippen LogP contribution < -0.4 is 0 Å². The van der Waals surface area contributed by atoms with E-state index < -0.39 is 16.9 Å². The third-order valence-electron chi connectivity index (χ3n) is 2.32. The number of rotatable bonds is 4. The molecule has 0 saturated carbocycles. The Hall–Kier alpha value is -2.22. The minimum atomic E-state index is -0.874. The molecule has 7 nitrogen and oxygen atoms in total. The Morgan fingerprint density at radius 3 is 2.45 bits per heavy atom. The molecule has 0 N–H and O–H groups in total. The highest BCUT2D eigenvalue weighted by molar-refractivity contribution is 9.10. The molecule has 0 spiro atoms. The van der Waals surface area contributed by atoms with Crippen molar-refractivity contribution in [2.75, 3.05) is 14.2 Å². The van der Waals surface area contributed by atoms with Crippen molar-refractivity contribution in [3.8, 4) is 0 Å². The number of benzene rings is 1. The first-order valence-corrected chi connectivity index (χ1v) is 6.02. The van der Waals surface area contributed by atoms with Crippen LogP contribution >= 0.6 is 15.9 Å². The van der Waals surface area contributed by atoms with Gasteiger partial charge in [0.15, 0.2) is 0 Å². The maximum Gasteiger partial charge on any atom is 0.338 e. The van der Waals surface area contributed by atoms with Crippen molar-refractivity contribution in [3.63, 3.8) is 0 Å². The third kappa shape index (κ3) is 3.64. The monoisotopic (exact) mass is 343 g/mol. The maximum absolute atomic E-state index is 11.7. The summed E-state index contributed by atoms with van der Waals surface area (Å²) in [5.41, 5.74) is -0.617. The molecular weight excluding hydrogens is 334 g/mol. The number of nitro benzene ring substituents is 1. The van der Waals surface area contributed by atoms with Gasteiger partial charge in [-0.1, -0.05) is 15.9 Å². The second-order valence-electron chi connectivity index (χ2n) is 3.49. The van der Waals surface area contributed by atoms with Gasteiger partial charge in [-0.25, -0.2) is 9.59 Å². The summed E-state index contributed by atoms with van der Waals surface area (Å²) in [5.74, 6) is -1.69. The summed E-state index contributed by atoms with van der Waals surface area (Å²) in [5, 5.41) is 11.0. The second kappa shape index (κ2) is 6.80. The van der Waals surface area contributed by atoms with E-state index in [1.807, 2.05) is 0 Å². The molecular formula is C12H10BrNO6. The second-order valence-corrected chi connectivity index (χ2v) is 4.41. The molecule has 1 aromatic carbocycles. The van der Waals surface area contributed by atoms with E-state index >= 15 is 0 Å². The summed E-state index contributed by atoms with van der Waals surface area (Å²) >= 11 is 3.10. The number of hydrogen-bond acceptors (Lipinski definition) is 6. The zero-order chi connectivity index (χ0) is 15.3. The number of hydrogen-bond donors (Lipinski definition) is 0. The van der Waals surface area contributed by atoms with E-state index in [2.05, 4.69) is 25.4 Å². The Morgan fingerprint density at radius 2 is 1.95 bits per heavy atom. The molecule has 0 aliphatic carbocycles. The number of halogens is 1. The van der Waals surface area contributed by atoms with Crippen LogP contribution in [0.25, 0.3) is 5.57 Å². The Kier molecular flexibility index (Phi) is 5.39. The molecule has 1 aromatic rings. The van der Waals surface area contributed by atoms with Crippen LogP contribution in [0.5, 0.6) is 0 Å². The Bertz CT molecular complexity index is 596. The minimum absolute atomic E-state index is 0.0320. The Labute approximate surface area is 122 Å². The fourth-order valence-corrected chi connectivity index (χ4v) is 1.77. The first kappa shape index (κ1) is 15.8. The molecule has 0 amide bonds. The van der Waals surface area contributed by atoms with Gasteiger partial charge in [-0.15, -0.1) is 0 Å². The molecule has 0 unspecified atom stereocenters. The standard InChI is InChI=1S/C12H10BrNO6/c1-19-11(15)6-9(12(16)20-2)8-4-3-7(13)5-10(8)14(17)18/h3-6H,1-2H3/b9-6-. The van der Waals surface area contributed by atoms with Crippen LogP contribution in [0.2, 0.25) is 0 Å². The van der Waals surface area contributed by atoms with Crippen LogP contribution in [0.1, 0.15) is 5.56 Å². The summed E-state index contributed by atoms with van der Waals surface area (Å²) in [4.78, 5) is 33.3. The van der Waals surface area contributed by atoms with E-state index in [1.165, 1.54) is 18.2 Å². The number of carbonyl (C=O) groups is 2. The molecule has 0 atom stereocenters. The molecule has 0 aliphatic heterocycles. The smallest absolute Gasteiger partial charge is 0.338 e. The van der Waals surface area contributed by atoms with E-state index in [0.717, 1.165) is 20.3 Å². The highest BCUT2D eigenvalue weighted by atomic mass is 79.9. The van der Waals surface area contributed by atoms with Crippen LogP contribution in [0.15, 0.2) is 28.7 Å². The lowest BCUT2D eigenvalue weighted by molar-refractivity contribution is -0.385. The van der Waals surface area contributed by atoms with Gasteiger partial charge in [-0.05, 0) is 12.1 Å². The van der Waals surface area contributed by atoms with E-state index in [1.54, 1.807) is 0 Å². The van der Waals surface area contributed by atoms with Crippen molar-refractivity contribution in [1.82, 2.24) is 0 Å². The lowest BCUT2D eigenvalue weighted by Gasteiger charge is -2.06. The molecule has 1 rings (SSSR count). The normalized spacial score (nSPS) is 10.8. The molecule has 0 saturated heterocycles. The molecule has 0 aliphatic rings. The lowest BCUT2D eigenvalue weighted by Crippen LogP contribution is -2.09. The van der Waals surface area contributed by atoms with E-state index in [-0.39, 0.29) is 16.8 Å². The van der Waals surface area contributed by atoms with Gasteiger partial charge in [0, 0.05) is 16.6 Å². The quantitative estimate of drug-likeness (QED) is 0.359. The van der Waals surface area contributed by atoms with E-state index in [4.69, 9.17) is 0 Å². The third-order valence-corrected chi connectivity index (χ3v) is 2.81. The van der Waals surface area contributed by atoms with Gasteiger partial charge in [0.1, 0.15) is 0 Å². The zero-order valence-corrected chi connectivity index (χ0v) is 12.2. The average Bonchev–Trinajstić information content (AvgIpc) is 2.43. The topological polar surface area (TPSA) is 95.7 Å². The summed E-state index contributed by atoms with van der Waals surface area (Å²) in [6.07, 6.45) is 0.849. The molecule has 0 heterocycles. The molecule has 8 heteroatoms. The van der Waals surface area contributed by atoms with Gasteiger partial charge in [0.2, 0.25) is 0 Å². The number of carbonyl (C=O) groups excluding carboxylic acids is 2. The first-order valence-electron chi connectivity index (χ1n) is 5.23. The van der Waals surface area contributed by atoms with Crippen molar-refractivity contribution < 1.29 is 24.0 Å². The summed E-state index contributed by atoms with van der Waals surface area (Å²) < 4.78 is 9.41. The number of esters is 2. The van der Waals surface area contributed by atoms with E-state index in [0.29, 0.717) is 4.47 Å². The highest BCUT2D eigenvalue weighted by Gasteiger charge is 2.24. The predicted octanol–water partition coefficient (Wildman–Crippen LogP) is 2.09. The van der Waals surface area contributed by atoms with Crippen LogP contribution in [0.3, 0.4) is 0 Å². The van der Waals surface area contributed by atoms with Crippen LogP contribution in [-0.4, -0.2) is 31.1 Å². The van der Waals surface area contributed by atoms with Crippen molar-refractivity contribution in [1.29, 1.82) is 0 Å². The van der Waals surface area contributed by atoms with Crippen molar-refractivity contribution in [3.05, 3.63) is 44.4 Å². The Balaban J connectivity index is 3.49. The highest BCUT2D eigenvalue weighted by Crippen LogP contribution is 2.30. The van der Waals surface area contributed by atoms with Crippen molar-refractivity contribution in [2.45, 2.75) is 0 Å². The summed E-state index contributed by atoms with van der Waals surface area (Å²) in [7, 11) is 2.24. The van der Waals surface area contributed by atoms with Crippen LogP contribution in [-0.2, 0) is 19.1 Å². The minimum Gasteiger partial charge on any atom is -0.466 e. The first-order chi connectivity index (χ1) is 9.40. The summed E-state index contributed by atoms with van der Waals surface area (Å²) in [6.45, 7) is 0. The number of methoxy groups -OCH3 is 2. The van der Waals surface area contributed by atoms with E-state index in [9.17, 15) is 19.7 Å². The SMILES string of the molecule is COC(=O)/C=C(\C(=O)OC)c1ccc(Br)cc1[N+](=O)[O-]. The largest absolute Gasteiger partial charge is 0.466 e.